The van der Waals surface area contributed by atoms with Gasteiger partial charge in [0, 0.05) is 13.2 Å². The summed E-state index contributed by atoms with van der Waals surface area (Å²) >= 11 is 0. The first-order valence-corrected chi connectivity index (χ1v) is 15.1. The van der Waals surface area contributed by atoms with Gasteiger partial charge in [-0.2, -0.15) is 0 Å². The second-order valence-electron chi connectivity index (χ2n) is 5.98. The molecule has 0 bridgehead atoms. The van der Waals surface area contributed by atoms with Crippen molar-refractivity contribution in [2.24, 2.45) is 0 Å². The molecule has 4 nitrogen and oxygen atoms in total. The highest BCUT2D eigenvalue weighted by Crippen LogP contribution is 2.19. The minimum Gasteiger partial charge on any atom is -0.439 e. The van der Waals surface area contributed by atoms with E-state index in [-0.39, 0.29) is 13.2 Å². The summed E-state index contributed by atoms with van der Waals surface area (Å²) in [6.45, 7) is 11.4. The third-order valence-corrected chi connectivity index (χ3v) is 13.7. The SMILES string of the molecule is C[SiH](O[Si](C)(C)CCCO)O[Si](C)(C)CCCO. The van der Waals surface area contributed by atoms with Crippen LogP contribution < -0.4 is 0 Å². The lowest BCUT2D eigenvalue weighted by Crippen LogP contribution is -2.44. The molecule has 0 aliphatic carbocycles. The van der Waals surface area contributed by atoms with Crippen LogP contribution in [-0.4, -0.2) is 49.3 Å². The van der Waals surface area contributed by atoms with Crippen LogP contribution in [0.1, 0.15) is 12.8 Å². The fourth-order valence-electron chi connectivity index (χ4n) is 2.05. The molecule has 0 radical (unpaired) electrons. The van der Waals surface area contributed by atoms with Gasteiger partial charge < -0.3 is 18.4 Å². The molecule has 0 aromatic heterocycles. The predicted octanol–water partition coefficient (Wildman–Crippen LogP) is 2.04. The molecule has 0 aliphatic rings. The van der Waals surface area contributed by atoms with E-state index in [0.29, 0.717) is 0 Å². The Bertz CT molecular complexity index is 202. The van der Waals surface area contributed by atoms with E-state index in [1.807, 2.05) is 0 Å². The molecule has 0 aliphatic heterocycles. The van der Waals surface area contributed by atoms with E-state index in [0.717, 1.165) is 24.9 Å². The first-order chi connectivity index (χ1) is 8.22. The van der Waals surface area contributed by atoms with Crippen molar-refractivity contribution in [1.82, 2.24) is 0 Å². The fourth-order valence-corrected chi connectivity index (χ4v) is 12.8. The van der Waals surface area contributed by atoms with Gasteiger partial charge in [-0.3, -0.25) is 0 Å². The number of aliphatic hydroxyl groups excluding tert-OH is 2. The molecule has 0 spiro atoms. The van der Waals surface area contributed by atoms with Gasteiger partial charge in [0.2, 0.25) is 0 Å². The molecule has 0 aromatic rings. The van der Waals surface area contributed by atoms with E-state index in [4.69, 9.17) is 18.4 Å². The van der Waals surface area contributed by atoms with E-state index in [1.165, 1.54) is 0 Å². The highest BCUT2D eigenvalue weighted by molar-refractivity contribution is 6.81. The van der Waals surface area contributed by atoms with Crippen LogP contribution in [0.25, 0.3) is 0 Å². The summed E-state index contributed by atoms with van der Waals surface area (Å²) in [5, 5.41) is 17.8. The second kappa shape index (κ2) is 8.62. The van der Waals surface area contributed by atoms with Gasteiger partial charge in [0.25, 0.3) is 9.28 Å². The van der Waals surface area contributed by atoms with Crippen LogP contribution in [0.3, 0.4) is 0 Å². The standard InChI is InChI=1S/C11H30O4Si3/c1-16(14-17(2,3)10-6-8-12)15-18(4,5)11-7-9-13/h12-13,16H,6-11H2,1-5H3. The molecule has 110 valence electrons. The monoisotopic (exact) mass is 310 g/mol. The van der Waals surface area contributed by atoms with Gasteiger partial charge in [-0.25, -0.2) is 0 Å². The molecule has 0 atom stereocenters. The fraction of sp³-hybridized carbons (Fsp3) is 1.00. The molecule has 0 saturated heterocycles. The van der Waals surface area contributed by atoms with Crippen molar-refractivity contribution in [1.29, 1.82) is 0 Å². The van der Waals surface area contributed by atoms with Crippen molar-refractivity contribution >= 4 is 25.9 Å². The van der Waals surface area contributed by atoms with E-state index >= 15 is 0 Å². The zero-order valence-corrected chi connectivity index (χ0v) is 15.7. The number of hydrogen-bond acceptors (Lipinski definition) is 4. The highest BCUT2D eigenvalue weighted by atomic mass is 28.4. The predicted molar refractivity (Wildman–Crippen MR) is 83.2 cm³/mol. The number of aliphatic hydroxyl groups is 2. The Morgan fingerprint density at radius 3 is 1.44 bits per heavy atom. The summed E-state index contributed by atoms with van der Waals surface area (Å²) < 4.78 is 12.3. The molecule has 0 heterocycles. The summed E-state index contributed by atoms with van der Waals surface area (Å²) in [6.07, 6.45) is 1.65. The molecule has 0 saturated carbocycles. The quantitative estimate of drug-likeness (QED) is 0.606. The Balaban J connectivity index is 4.11. The molecule has 0 fully saturated rings. The Labute approximate surface area is 115 Å². The summed E-state index contributed by atoms with van der Waals surface area (Å²) in [7, 11) is -4.91. The van der Waals surface area contributed by atoms with Crippen molar-refractivity contribution in [2.45, 2.75) is 57.7 Å². The van der Waals surface area contributed by atoms with E-state index in [2.05, 4.69) is 32.7 Å². The van der Waals surface area contributed by atoms with Gasteiger partial charge in [-0.05, 0) is 57.7 Å². The molecule has 7 heteroatoms. The smallest absolute Gasteiger partial charge is 0.297 e. The van der Waals surface area contributed by atoms with Crippen LogP contribution in [0.4, 0.5) is 0 Å². The van der Waals surface area contributed by atoms with Gasteiger partial charge in [-0.15, -0.1) is 0 Å². The van der Waals surface area contributed by atoms with Crippen molar-refractivity contribution in [3.8, 4) is 0 Å². The molecule has 18 heavy (non-hydrogen) atoms. The normalized spacial score (nSPS) is 13.3. The largest absolute Gasteiger partial charge is 0.439 e. The van der Waals surface area contributed by atoms with Crippen LogP contribution in [0.2, 0.25) is 44.8 Å². The summed E-state index contributed by atoms with van der Waals surface area (Å²) in [4.78, 5) is 0. The first kappa shape index (κ1) is 18.5. The molecule has 0 rings (SSSR count). The van der Waals surface area contributed by atoms with Crippen molar-refractivity contribution in [3.63, 3.8) is 0 Å². The van der Waals surface area contributed by atoms with Crippen LogP contribution in [0.15, 0.2) is 0 Å². The summed E-state index contributed by atoms with van der Waals surface area (Å²) in [5.41, 5.74) is 0. The van der Waals surface area contributed by atoms with Gasteiger partial charge in [0.05, 0.1) is 0 Å². The van der Waals surface area contributed by atoms with Gasteiger partial charge in [-0.1, -0.05) is 0 Å². The molecule has 2 N–H and O–H groups in total. The van der Waals surface area contributed by atoms with E-state index < -0.39 is 25.9 Å². The Morgan fingerprint density at radius 2 is 1.17 bits per heavy atom. The Hall–Kier alpha value is 0.491. The van der Waals surface area contributed by atoms with Crippen LogP contribution in [-0.2, 0) is 8.23 Å². The average Bonchev–Trinajstić information content (AvgIpc) is 2.22. The third kappa shape index (κ3) is 9.42. The number of hydrogen-bond donors (Lipinski definition) is 2. The Kier molecular flexibility index (Phi) is 8.85. The van der Waals surface area contributed by atoms with Crippen LogP contribution in [0, 0.1) is 0 Å². The van der Waals surface area contributed by atoms with Crippen molar-refractivity contribution in [3.05, 3.63) is 0 Å². The molecule has 0 amide bonds. The molecule has 0 aromatic carbocycles. The van der Waals surface area contributed by atoms with Crippen molar-refractivity contribution < 1.29 is 18.4 Å². The highest BCUT2D eigenvalue weighted by Gasteiger charge is 2.30. The van der Waals surface area contributed by atoms with E-state index in [1.54, 1.807) is 0 Å². The lowest BCUT2D eigenvalue weighted by molar-refractivity contribution is 0.290. The zero-order chi connectivity index (χ0) is 14.2. The van der Waals surface area contributed by atoms with Gasteiger partial charge in [0.15, 0.2) is 16.6 Å². The second-order valence-corrected chi connectivity index (χ2v) is 17.0. The van der Waals surface area contributed by atoms with Gasteiger partial charge in [0.1, 0.15) is 0 Å². The van der Waals surface area contributed by atoms with E-state index in [9.17, 15) is 0 Å². The third-order valence-electron chi connectivity index (χ3n) is 2.84. The lowest BCUT2D eigenvalue weighted by Gasteiger charge is -2.32. The maximum Gasteiger partial charge on any atom is 0.297 e. The van der Waals surface area contributed by atoms with Crippen LogP contribution >= 0.6 is 0 Å². The van der Waals surface area contributed by atoms with Crippen LogP contribution in [0.5, 0.6) is 0 Å². The molecular weight excluding hydrogens is 280 g/mol. The first-order valence-electron chi connectivity index (χ1n) is 6.80. The maximum atomic E-state index is 8.88. The minimum atomic E-state index is -1.67. The lowest BCUT2D eigenvalue weighted by atomic mass is 10.5. The zero-order valence-electron chi connectivity index (χ0n) is 12.5. The van der Waals surface area contributed by atoms with Crippen molar-refractivity contribution in [2.75, 3.05) is 13.2 Å². The maximum absolute atomic E-state index is 8.88. The topological polar surface area (TPSA) is 58.9 Å². The molecular formula is C11H30O4Si3. The Morgan fingerprint density at radius 1 is 0.833 bits per heavy atom. The number of rotatable bonds is 10. The molecule has 0 unspecified atom stereocenters. The average molecular weight is 311 g/mol. The summed E-state index contributed by atoms with van der Waals surface area (Å²) in [6, 6.07) is 1.98. The van der Waals surface area contributed by atoms with Gasteiger partial charge >= 0.3 is 0 Å². The summed E-state index contributed by atoms with van der Waals surface area (Å²) in [5.74, 6) is 0. The minimum absolute atomic E-state index is 0.243.